The molecule has 0 aromatic heterocycles. The molecule has 0 spiro atoms. The summed E-state index contributed by atoms with van der Waals surface area (Å²) in [6.45, 7) is 0.108. The fourth-order valence-electron chi connectivity index (χ4n) is 1.11. The zero-order valence-electron chi connectivity index (χ0n) is 9.20. The molecule has 0 fully saturated rings. The number of ether oxygens (including phenoxy) is 1. The molecule has 0 saturated carbocycles. The largest absolute Gasteiger partial charge is 0.495 e. The molecular weight excluding hydrogens is 250 g/mol. The van der Waals surface area contributed by atoms with Gasteiger partial charge in [-0.3, -0.25) is 9.11 Å². The van der Waals surface area contributed by atoms with Crippen LogP contribution in [0.1, 0.15) is 5.56 Å². The van der Waals surface area contributed by atoms with E-state index in [0.29, 0.717) is 17.9 Å². The lowest BCUT2D eigenvalue weighted by molar-refractivity contribution is 0.299. The van der Waals surface area contributed by atoms with Gasteiger partial charge >= 0.3 is 10.4 Å². The van der Waals surface area contributed by atoms with Crippen molar-refractivity contribution in [3.63, 3.8) is 0 Å². The molecule has 5 N–H and O–H groups in total. The predicted octanol–water partition coefficient (Wildman–Crippen LogP) is 0.159. The van der Waals surface area contributed by atoms with Gasteiger partial charge < -0.3 is 15.6 Å². The quantitative estimate of drug-likeness (QED) is 0.452. The van der Waals surface area contributed by atoms with E-state index >= 15 is 0 Å². The summed E-state index contributed by atoms with van der Waals surface area (Å²) >= 11 is 0. The Morgan fingerprint density at radius 2 is 1.88 bits per heavy atom. The Labute approximate surface area is 99.4 Å². The molecule has 0 atom stereocenters. The molecule has 17 heavy (non-hydrogen) atoms. The molecule has 1 rings (SSSR count). The van der Waals surface area contributed by atoms with E-state index < -0.39 is 10.4 Å². The highest BCUT2D eigenvalue weighted by Crippen LogP contribution is 2.24. The van der Waals surface area contributed by atoms with E-state index in [1.807, 2.05) is 12.1 Å². The fraction of sp³-hybridized carbons (Fsp3) is 0.333. The molecule has 0 saturated heterocycles. The summed E-state index contributed by atoms with van der Waals surface area (Å²) in [5, 5.41) is 8.71. The van der Waals surface area contributed by atoms with Gasteiger partial charge in [0.05, 0.1) is 12.8 Å². The van der Waals surface area contributed by atoms with E-state index in [4.69, 9.17) is 33.1 Å². The number of para-hydroxylation sites is 1. The van der Waals surface area contributed by atoms with Gasteiger partial charge in [-0.15, -0.1) is 0 Å². The van der Waals surface area contributed by atoms with Gasteiger partial charge in [0.1, 0.15) is 5.75 Å². The second kappa shape index (κ2) is 7.07. The van der Waals surface area contributed by atoms with Crippen molar-refractivity contribution in [1.82, 2.24) is 0 Å². The van der Waals surface area contributed by atoms with Crippen molar-refractivity contribution >= 4 is 16.1 Å². The monoisotopic (exact) mass is 265 g/mol. The van der Waals surface area contributed by atoms with Crippen LogP contribution in [0.4, 0.5) is 5.69 Å². The smallest absolute Gasteiger partial charge is 0.394 e. The average molecular weight is 265 g/mol. The van der Waals surface area contributed by atoms with Gasteiger partial charge in [-0.1, -0.05) is 12.1 Å². The molecule has 0 aliphatic carbocycles. The summed E-state index contributed by atoms with van der Waals surface area (Å²) in [4.78, 5) is 0. The van der Waals surface area contributed by atoms with Crippen molar-refractivity contribution in [2.45, 2.75) is 6.42 Å². The highest BCUT2D eigenvalue weighted by atomic mass is 32.3. The SMILES string of the molecule is COc1cccc(CCO)c1N.O=S(=O)(O)O. The van der Waals surface area contributed by atoms with Gasteiger partial charge in [0, 0.05) is 6.61 Å². The molecule has 0 heterocycles. The number of aliphatic hydroxyl groups excluding tert-OH is 1. The van der Waals surface area contributed by atoms with E-state index in [-0.39, 0.29) is 6.61 Å². The molecule has 0 aliphatic heterocycles. The lowest BCUT2D eigenvalue weighted by atomic mass is 10.1. The minimum atomic E-state index is -4.67. The molecular formula is C9H15NO6S. The van der Waals surface area contributed by atoms with Crippen LogP contribution in [-0.4, -0.2) is 36.3 Å². The Kier molecular flexibility index (Phi) is 6.51. The van der Waals surface area contributed by atoms with Crippen molar-refractivity contribution in [3.05, 3.63) is 23.8 Å². The van der Waals surface area contributed by atoms with Crippen molar-refractivity contribution in [2.24, 2.45) is 0 Å². The highest BCUT2D eigenvalue weighted by Gasteiger charge is 2.03. The molecule has 0 amide bonds. The van der Waals surface area contributed by atoms with Gasteiger partial charge in [-0.05, 0) is 18.1 Å². The van der Waals surface area contributed by atoms with Gasteiger partial charge in [-0.25, -0.2) is 0 Å². The maximum atomic E-state index is 8.74. The summed E-state index contributed by atoms with van der Waals surface area (Å²) in [7, 11) is -3.09. The molecule has 1 aromatic rings. The molecule has 1 aromatic carbocycles. The Hall–Kier alpha value is -1.35. The molecule has 7 nitrogen and oxygen atoms in total. The van der Waals surface area contributed by atoms with Gasteiger partial charge in [0.2, 0.25) is 0 Å². The second-order valence-corrected chi connectivity index (χ2v) is 3.85. The number of methoxy groups -OCH3 is 1. The Balaban J connectivity index is 0.000000437. The highest BCUT2D eigenvalue weighted by molar-refractivity contribution is 7.79. The zero-order valence-corrected chi connectivity index (χ0v) is 10.0. The van der Waals surface area contributed by atoms with Gasteiger partial charge in [-0.2, -0.15) is 8.42 Å². The van der Waals surface area contributed by atoms with E-state index in [9.17, 15) is 0 Å². The predicted molar refractivity (Wildman–Crippen MR) is 62.4 cm³/mol. The Morgan fingerprint density at radius 1 is 1.35 bits per heavy atom. The van der Waals surface area contributed by atoms with Crippen LogP contribution in [0.3, 0.4) is 0 Å². The first kappa shape index (κ1) is 15.7. The Morgan fingerprint density at radius 3 is 2.29 bits per heavy atom. The number of aliphatic hydroxyl groups is 1. The van der Waals surface area contributed by atoms with Gasteiger partial charge in [0.25, 0.3) is 0 Å². The van der Waals surface area contributed by atoms with E-state index in [1.54, 1.807) is 13.2 Å². The molecule has 0 unspecified atom stereocenters. The number of benzene rings is 1. The van der Waals surface area contributed by atoms with Crippen LogP contribution >= 0.6 is 0 Å². The van der Waals surface area contributed by atoms with Crippen molar-refractivity contribution in [2.75, 3.05) is 19.5 Å². The minimum absolute atomic E-state index is 0.108. The number of anilines is 1. The number of nitrogens with two attached hydrogens (primary N) is 1. The fourth-order valence-corrected chi connectivity index (χ4v) is 1.11. The maximum absolute atomic E-state index is 8.74. The van der Waals surface area contributed by atoms with Crippen molar-refractivity contribution in [1.29, 1.82) is 0 Å². The second-order valence-electron chi connectivity index (χ2n) is 2.95. The van der Waals surface area contributed by atoms with Crippen LogP contribution in [-0.2, 0) is 16.8 Å². The van der Waals surface area contributed by atoms with Crippen LogP contribution in [0.25, 0.3) is 0 Å². The minimum Gasteiger partial charge on any atom is -0.495 e. The number of hydrogen-bond acceptors (Lipinski definition) is 5. The van der Waals surface area contributed by atoms with Gasteiger partial charge in [0.15, 0.2) is 0 Å². The van der Waals surface area contributed by atoms with Crippen LogP contribution in [0.5, 0.6) is 5.75 Å². The van der Waals surface area contributed by atoms with E-state index in [1.165, 1.54) is 0 Å². The summed E-state index contributed by atoms with van der Waals surface area (Å²) < 4.78 is 36.6. The normalized spacial score (nSPS) is 10.4. The molecule has 98 valence electrons. The first-order valence-electron chi connectivity index (χ1n) is 4.51. The number of rotatable bonds is 3. The topological polar surface area (TPSA) is 130 Å². The van der Waals surface area contributed by atoms with Crippen LogP contribution in [0.2, 0.25) is 0 Å². The molecule has 0 bridgehead atoms. The number of nitrogen functional groups attached to an aromatic ring is 1. The summed E-state index contributed by atoms with van der Waals surface area (Å²) in [5.74, 6) is 0.668. The lowest BCUT2D eigenvalue weighted by Gasteiger charge is -2.08. The first-order valence-corrected chi connectivity index (χ1v) is 5.91. The van der Waals surface area contributed by atoms with Crippen LogP contribution in [0, 0.1) is 0 Å². The average Bonchev–Trinajstić information content (AvgIpc) is 2.19. The third-order valence-corrected chi connectivity index (χ3v) is 1.76. The van der Waals surface area contributed by atoms with Crippen molar-refractivity contribution in [3.8, 4) is 5.75 Å². The lowest BCUT2D eigenvalue weighted by Crippen LogP contribution is -1.99. The maximum Gasteiger partial charge on any atom is 0.394 e. The standard InChI is InChI=1S/C9H13NO2.H2O4S/c1-12-8-4-2-3-7(5-6-11)9(8)10;1-5(2,3)4/h2-4,11H,5-6,10H2,1H3;(H2,1,2,3,4). The number of hydrogen-bond donors (Lipinski definition) is 4. The molecule has 0 aliphatic rings. The first-order chi connectivity index (χ1) is 7.79. The third kappa shape index (κ3) is 7.53. The molecule has 0 radical (unpaired) electrons. The molecule has 8 heteroatoms. The zero-order chi connectivity index (χ0) is 13.5. The van der Waals surface area contributed by atoms with Crippen LogP contribution in [0.15, 0.2) is 18.2 Å². The Bertz CT molecular complexity index is 437. The van der Waals surface area contributed by atoms with E-state index in [2.05, 4.69) is 0 Å². The third-order valence-electron chi connectivity index (χ3n) is 1.76. The summed E-state index contributed by atoms with van der Waals surface area (Å²) in [6, 6.07) is 5.55. The van der Waals surface area contributed by atoms with Crippen LogP contribution < -0.4 is 10.5 Å². The van der Waals surface area contributed by atoms with Crippen molar-refractivity contribution < 1.29 is 27.4 Å². The van der Waals surface area contributed by atoms with E-state index in [0.717, 1.165) is 5.56 Å². The summed E-state index contributed by atoms with van der Waals surface area (Å²) in [5.41, 5.74) is 7.29. The summed E-state index contributed by atoms with van der Waals surface area (Å²) in [6.07, 6.45) is 0.572.